The van der Waals surface area contributed by atoms with Crippen molar-refractivity contribution < 1.29 is 5.11 Å². The molecule has 0 aromatic heterocycles. The minimum atomic E-state index is -0.266. The highest BCUT2D eigenvalue weighted by molar-refractivity contribution is 5.47. The van der Waals surface area contributed by atoms with Crippen LogP contribution in [0.2, 0.25) is 0 Å². The van der Waals surface area contributed by atoms with E-state index < -0.39 is 0 Å². The summed E-state index contributed by atoms with van der Waals surface area (Å²) in [7, 11) is 0. The van der Waals surface area contributed by atoms with Gasteiger partial charge in [0.25, 0.3) is 0 Å². The second-order valence-corrected chi connectivity index (χ2v) is 9.83. The van der Waals surface area contributed by atoms with E-state index in [0.717, 1.165) is 65.0 Å². The van der Waals surface area contributed by atoms with E-state index in [1.165, 1.54) is 22.5 Å². The lowest BCUT2D eigenvalue weighted by Gasteiger charge is -2.37. The van der Waals surface area contributed by atoms with Crippen LogP contribution >= 0.6 is 0 Å². The Bertz CT molecular complexity index is 772. The number of aliphatic hydroxyl groups excluding tert-OH is 1. The zero-order valence-corrected chi connectivity index (χ0v) is 19.8. The molecule has 5 nitrogen and oxygen atoms in total. The van der Waals surface area contributed by atoms with Gasteiger partial charge in [-0.2, -0.15) is 0 Å². The third kappa shape index (κ3) is 6.96. The second kappa shape index (κ2) is 11.2. The number of hydrogen-bond acceptors (Lipinski definition) is 5. The fourth-order valence-electron chi connectivity index (χ4n) is 5.11. The molecule has 2 saturated heterocycles. The van der Waals surface area contributed by atoms with Crippen molar-refractivity contribution in [1.82, 2.24) is 9.80 Å². The molecule has 4 rings (SSSR count). The number of aryl methyl sites for hydroxylation is 2. The zero-order chi connectivity index (χ0) is 22.3. The summed E-state index contributed by atoms with van der Waals surface area (Å²) in [6, 6.07) is 18.3. The van der Waals surface area contributed by atoms with Crippen LogP contribution in [-0.2, 0) is 0 Å². The quantitative estimate of drug-likeness (QED) is 0.581. The monoisotopic (exact) mass is 436 g/mol. The molecule has 2 aromatic carbocycles. The van der Waals surface area contributed by atoms with Crippen molar-refractivity contribution in [2.45, 2.75) is 57.7 Å². The molecule has 0 unspecified atom stereocenters. The standard InChI is InChI=1S/C27H40N4O/c1-21-5-3-7-25(17-21)28-23-9-13-30(14-10-23)19-27(32)20-31-15-11-24(12-16-31)29-26-8-4-6-22(2)18-26/h3-8,17-18,23-24,27-29,32H,9-16,19-20H2,1-2H3. The van der Waals surface area contributed by atoms with Crippen molar-refractivity contribution in [1.29, 1.82) is 0 Å². The highest BCUT2D eigenvalue weighted by Crippen LogP contribution is 2.20. The molecule has 174 valence electrons. The van der Waals surface area contributed by atoms with E-state index in [1.807, 2.05) is 0 Å². The Labute approximate surface area is 193 Å². The van der Waals surface area contributed by atoms with E-state index >= 15 is 0 Å². The van der Waals surface area contributed by atoms with Crippen molar-refractivity contribution >= 4 is 11.4 Å². The van der Waals surface area contributed by atoms with Crippen LogP contribution in [0.25, 0.3) is 0 Å². The first-order valence-corrected chi connectivity index (χ1v) is 12.3. The van der Waals surface area contributed by atoms with Crippen LogP contribution in [-0.4, -0.2) is 72.4 Å². The van der Waals surface area contributed by atoms with Gasteiger partial charge in [-0.15, -0.1) is 0 Å². The molecule has 0 spiro atoms. The smallest absolute Gasteiger partial charge is 0.0793 e. The number of likely N-dealkylation sites (tertiary alicyclic amines) is 2. The minimum Gasteiger partial charge on any atom is -0.390 e. The number of nitrogens with one attached hydrogen (secondary N) is 2. The van der Waals surface area contributed by atoms with E-state index in [1.54, 1.807) is 0 Å². The molecule has 0 aliphatic carbocycles. The first-order valence-electron chi connectivity index (χ1n) is 12.3. The van der Waals surface area contributed by atoms with Crippen LogP contribution < -0.4 is 10.6 Å². The number of benzene rings is 2. The van der Waals surface area contributed by atoms with Crippen molar-refractivity contribution in [3.63, 3.8) is 0 Å². The van der Waals surface area contributed by atoms with E-state index in [-0.39, 0.29) is 6.10 Å². The van der Waals surface area contributed by atoms with Crippen molar-refractivity contribution in [2.24, 2.45) is 0 Å². The van der Waals surface area contributed by atoms with Crippen LogP contribution in [0.4, 0.5) is 11.4 Å². The molecule has 2 aliphatic rings. The summed E-state index contributed by atoms with van der Waals surface area (Å²) in [6.45, 7) is 10.1. The van der Waals surface area contributed by atoms with Crippen molar-refractivity contribution in [3.8, 4) is 0 Å². The molecule has 0 radical (unpaired) electrons. The lowest BCUT2D eigenvalue weighted by atomic mass is 10.0. The lowest BCUT2D eigenvalue weighted by molar-refractivity contribution is 0.0587. The molecule has 2 aromatic rings. The number of anilines is 2. The van der Waals surface area contributed by atoms with E-state index in [9.17, 15) is 5.11 Å². The van der Waals surface area contributed by atoms with Gasteiger partial charge < -0.3 is 25.5 Å². The highest BCUT2D eigenvalue weighted by atomic mass is 16.3. The Balaban J connectivity index is 1.13. The Morgan fingerprint density at radius 3 is 1.53 bits per heavy atom. The number of hydrogen-bond donors (Lipinski definition) is 3. The van der Waals surface area contributed by atoms with Gasteiger partial charge in [0, 0.05) is 62.7 Å². The zero-order valence-electron chi connectivity index (χ0n) is 19.8. The molecule has 0 saturated carbocycles. The normalized spacial score (nSPS) is 19.4. The lowest BCUT2D eigenvalue weighted by Crippen LogP contribution is -2.47. The van der Waals surface area contributed by atoms with Crippen LogP contribution in [0.15, 0.2) is 48.5 Å². The number of piperidine rings is 2. The predicted molar refractivity (Wildman–Crippen MR) is 135 cm³/mol. The summed E-state index contributed by atoms with van der Waals surface area (Å²) in [5, 5.41) is 18.1. The van der Waals surface area contributed by atoms with Crippen LogP contribution in [0.5, 0.6) is 0 Å². The third-order valence-corrected chi connectivity index (χ3v) is 6.89. The first-order chi connectivity index (χ1) is 15.5. The van der Waals surface area contributed by atoms with Gasteiger partial charge in [0.2, 0.25) is 0 Å². The summed E-state index contributed by atoms with van der Waals surface area (Å²) in [5.41, 5.74) is 5.05. The maximum atomic E-state index is 10.7. The first kappa shape index (κ1) is 23.1. The van der Waals surface area contributed by atoms with Gasteiger partial charge in [0.1, 0.15) is 0 Å². The molecule has 0 atom stereocenters. The van der Waals surface area contributed by atoms with Gasteiger partial charge in [-0.1, -0.05) is 24.3 Å². The number of nitrogens with zero attached hydrogens (tertiary/aromatic N) is 2. The Morgan fingerprint density at radius 2 is 1.16 bits per heavy atom. The molecule has 32 heavy (non-hydrogen) atoms. The van der Waals surface area contributed by atoms with E-state index in [4.69, 9.17) is 0 Å². The molecule has 0 bridgehead atoms. The molecule has 0 amide bonds. The largest absolute Gasteiger partial charge is 0.390 e. The van der Waals surface area contributed by atoms with Crippen molar-refractivity contribution in [3.05, 3.63) is 59.7 Å². The summed E-state index contributed by atoms with van der Waals surface area (Å²) in [4.78, 5) is 4.87. The molecule has 3 N–H and O–H groups in total. The number of β-amino-alcohol motifs (C(OH)–C–C–N with tert-alkyl or cyclic N) is 1. The molecule has 2 aliphatic heterocycles. The van der Waals surface area contributed by atoms with Gasteiger partial charge in [-0.05, 0) is 74.9 Å². The number of rotatable bonds is 8. The van der Waals surface area contributed by atoms with E-state index in [2.05, 4.69) is 82.8 Å². The minimum absolute atomic E-state index is 0.266. The SMILES string of the molecule is Cc1cccc(NC2CCN(CC(O)CN3CCC(Nc4cccc(C)c4)CC3)CC2)c1. The second-order valence-electron chi connectivity index (χ2n) is 9.83. The summed E-state index contributed by atoms with van der Waals surface area (Å²) in [6.07, 6.45) is 4.28. The number of aliphatic hydroxyl groups is 1. The maximum absolute atomic E-state index is 10.7. The summed E-state index contributed by atoms with van der Waals surface area (Å²) < 4.78 is 0. The summed E-state index contributed by atoms with van der Waals surface area (Å²) in [5.74, 6) is 0. The third-order valence-electron chi connectivity index (χ3n) is 6.89. The van der Waals surface area contributed by atoms with Crippen molar-refractivity contribution in [2.75, 3.05) is 49.9 Å². The molecule has 2 heterocycles. The maximum Gasteiger partial charge on any atom is 0.0793 e. The fraction of sp³-hybridized carbons (Fsp3) is 0.556. The topological polar surface area (TPSA) is 50.8 Å². The van der Waals surface area contributed by atoms with Gasteiger partial charge >= 0.3 is 0 Å². The highest BCUT2D eigenvalue weighted by Gasteiger charge is 2.24. The van der Waals surface area contributed by atoms with Crippen LogP contribution in [0, 0.1) is 13.8 Å². The predicted octanol–water partition coefficient (Wildman–Crippen LogP) is 4.12. The van der Waals surface area contributed by atoms with Gasteiger partial charge in [0.05, 0.1) is 6.10 Å². The summed E-state index contributed by atoms with van der Waals surface area (Å²) >= 11 is 0. The molecular formula is C27H40N4O. The molecule has 2 fully saturated rings. The molecule has 5 heteroatoms. The van der Waals surface area contributed by atoms with Crippen LogP contribution in [0.1, 0.15) is 36.8 Å². The Kier molecular flexibility index (Phi) is 8.06. The van der Waals surface area contributed by atoms with Gasteiger partial charge in [-0.3, -0.25) is 0 Å². The van der Waals surface area contributed by atoms with E-state index in [0.29, 0.717) is 12.1 Å². The van der Waals surface area contributed by atoms with Gasteiger partial charge in [-0.25, -0.2) is 0 Å². The average Bonchev–Trinajstić information content (AvgIpc) is 2.77. The Hall–Kier alpha value is -2.08. The average molecular weight is 437 g/mol. The molecular weight excluding hydrogens is 396 g/mol. The van der Waals surface area contributed by atoms with Gasteiger partial charge in [0.15, 0.2) is 0 Å². The van der Waals surface area contributed by atoms with Crippen LogP contribution in [0.3, 0.4) is 0 Å². The fourth-order valence-corrected chi connectivity index (χ4v) is 5.11. The Morgan fingerprint density at radius 1 is 0.750 bits per heavy atom.